The van der Waals surface area contributed by atoms with E-state index >= 15 is 0 Å². The van der Waals surface area contributed by atoms with Crippen LogP contribution in [-0.4, -0.2) is 21.3 Å². The molecule has 0 aromatic carbocycles. The Morgan fingerprint density at radius 1 is 1.00 bits per heavy atom. The molecule has 0 amide bonds. The van der Waals surface area contributed by atoms with Crippen molar-refractivity contribution in [2.75, 3.05) is 5.32 Å². The van der Waals surface area contributed by atoms with Gasteiger partial charge in [0, 0.05) is 11.1 Å². The molecule has 0 saturated carbocycles. The van der Waals surface area contributed by atoms with Crippen molar-refractivity contribution >= 4 is 6.01 Å². The second-order valence-corrected chi connectivity index (χ2v) is 5.98. The fourth-order valence-corrected chi connectivity index (χ4v) is 1.04. The lowest BCUT2D eigenvalue weighted by Gasteiger charge is -2.19. The maximum Gasteiger partial charge on any atom is 0.315 e. The Morgan fingerprint density at radius 3 is 2.12 bits per heavy atom. The highest BCUT2D eigenvalue weighted by molar-refractivity contribution is 5.21. The van der Waals surface area contributed by atoms with Gasteiger partial charge in [-0.2, -0.15) is 0 Å². The average Bonchev–Trinajstić information content (AvgIpc) is 2.44. The Labute approximate surface area is 97.0 Å². The molecule has 0 aliphatic rings. The second-order valence-electron chi connectivity index (χ2n) is 5.98. The van der Waals surface area contributed by atoms with E-state index in [1.807, 2.05) is 20.8 Å². The van der Waals surface area contributed by atoms with Crippen LogP contribution in [0.1, 0.15) is 47.4 Å². The van der Waals surface area contributed by atoms with Crippen LogP contribution < -0.4 is 10.6 Å². The number of hydrogen-bond acceptors (Lipinski definition) is 5. The van der Waals surface area contributed by atoms with Crippen molar-refractivity contribution in [2.45, 2.75) is 59.2 Å². The minimum atomic E-state index is -0.0682. The van der Waals surface area contributed by atoms with Crippen LogP contribution in [0.4, 0.5) is 6.01 Å². The monoisotopic (exact) mass is 226 g/mol. The molecule has 0 radical (unpaired) electrons. The third kappa shape index (κ3) is 5.11. The Morgan fingerprint density at radius 2 is 1.62 bits per heavy atom. The van der Waals surface area contributed by atoms with Gasteiger partial charge in [0.05, 0.1) is 6.54 Å². The molecular weight excluding hydrogens is 204 g/mol. The molecule has 0 saturated heterocycles. The third-order valence-electron chi connectivity index (χ3n) is 1.72. The first-order chi connectivity index (χ1) is 7.16. The molecule has 0 aliphatic carbocycles. The minimum absolute atomic E-state index is 0.0477. The quantitative estimate of drug-likeness (QED) is 0.827. The van der Waals surface area contributed by atoms with Gasteiger partial charge >= 0.3 is 6.01 Å². The average molecular weight is 226 g/mol. The molecule has 0 atom stereocenters. The summed E-state index contributed by atoms with van der Waals surface area (Å²) in [4.78, 5) is 0. The highest BCUT2D eigenvalue weighted by Crippen LogP contribution is 2.13. The van der Waals surface area contributed by atoms with E-state index in [9.17, 15) is 0 Å². The first kappa shape index (κ1) is 13.0. The topological polar surface area (TPSA) is 63.0 Å². The van der Waals surface area contributed by atoms with Crippen molar-refractivity contribution in [1.29, 1.82) is 0 Å². The summed E-state index contributed by atoms with van der Waals surface area (Å²) in [6, 6.07) is 0.471. The molecule has 92 valence electrons. The number of rotatable bonds is 3. The Balaban J connectivity index is 2.52. The molecule has 1 aromatic rings. The largest absolute Gasteiger partial charge is 0.407 e. The van der Waals surface area contributed by atoms with Crippen LogP contribution >= 0.6 is 0 Å². The molecule has 5 heteroatoms. The summed E-state index contributed by atoms with van der Waals surface area (Å²) in [7, 11) is 0. The zero-order chi connectivity index (χ0) is 12.4. The standard InChI is InChI=1S/C11H22N4O/c1-10(2,3)12-7-8-14-15-9(16-8)13-11(4,5)6/h12H,7H2,1-6H3,(H,13,15). The third-order valence-corrected chi connectivity index (χ3v) is 1.72. The predicted molar refractivity (Wildman–Crippen MR) is 64.3 cm³/mol. The van der Waals surface area contributed by atoms with Crippen molar-refractivity contribution in [3.05, 3.63) is 5.89 Å². The molecule has 2 N–H and O–H groups in total. The van der Waals surface area contributed by atoms with Gasteiger partial charge in [-0.1, -0.05) is 5.10 Å². The van der Waals surface area contributed by atoms with Crippen molar-refractivity contribution in [2.24, 2.45) is 0 Å². The Kier molecular flexibility index (Phi) is 3.57. The van der Waals surface area contributed by atoms with Crippen molar-refractivity contribution in [3.63, 3.8) is 0 Å². The van der Waals surface area contributed by atoms with Gasteiger partial charge in [0.2, 0.25) is 5.89 Å². The fraction of sp³-hybridized carbons (Fsp3) is 0.818. The van der Waals surface area contributed by atoms with Crippen LogP contribution in [0.15, 0.2) is 4.42 Å². The minimum Gasteiger partial charge on any atom is -0.407 e. The van der Waals surface area contributed by atoms with Gasteiger partial charge in [-0.15, -0.1) is 5.10 Å². The summed E-state index contributed by atoms with van der Waals surface area (Å²) in [5.41, 5.74) is -0.0205. The first-order valence-electron chi connectivity index (χ1n) is 5.51. The van der Waals surface area contributed by atoms with Gasteiger partial charge in [0.15, 0.2) is 0 Å². The summed E-state index contributed by atoms with van der Waals surface area (Å²) >= 11 is 0. The summed E-state index contributed by atoms with van der Waals surface area (Å²) in [5, 5.41) is 14.3. The molecule has 0 unspecified atom stereocenters. The van der Waals surface area contributed by atoms with E-state index in [1.165, 1.54) is 0 Å². The molecule has 1 aromatic heterocycles. The van der Waals surface area contributed by atoms with Crippen molar-refractivity contribution < 1.29 is 4.42 Å². The molecular formula is C11H22N4O. The van der Waals surface area contributed by atoms with E-state index < -0.39 is 0 Å². The van der Waals surface area contributed by atoms with E-state index in [0.29, 0.717) is 18.5 Å². The second kappa shape index (κ2) is 4.41. The normalized spacial score (nSPS) is 12.9. The summed E-state index contributed by atoms with van der Waals surface area (Å²) < 4.78 is 5.46. The van der Waals surface area contributed by atoms with Crippen molar-refractivity contribution in [3.8, 4) is 0 Å². The van der Waals surface area contributed by atoms with Crippen LogP contribution in [-0.2, 0) is 6.54 Å². The highest BCUT2D eigenvalue weighted by Gasteiger charge is 2.15. The van der Waals surface area contributed by atoms with Gasteiger partial charge in [-0.25, -0.2) is 0 Å². The van der Waals surface area contributed by atoms with Crippen LogP contribution in [0.2, 0.25) is 0 Å². The predicted octanol–water partition coefficient (Wildman–Crippen LogP) is 2.17. The molecule has 0 spiro atoms. The van der Waals surface area contributed by atoms with Crippen LogP contribution in [0.3, 0.4) is 0 Å². The van der Waals surface area contributed by atoms with E-state index in [0.717, 1.165) is 0 Å². The molecule has 16 heavy (non-hydrogen) atoms. The molecule has 0 bridgehead atoms. The summed E-state index contributed by atoms with van der Waals surface area (Å²) in [6.07, 6.45) is 0. The summed E-state index contributed by atoms with van der Waals surface area (Å²) in [5.74, 6) is 0.599. The van der Waals surface area contributed by atoms with Crippen LogP contribution in [0, 0.1) is 0 Å². The smallest absolute Gasteiger partial charge is 0.315 e. The number of nitrogens with one attached hydrogen (secondary N) is 2. The van der Waals surface area contributed by atoms with Crippen LogP contribution in [0.5, 0.6) is 0 Å². The van der Waals surface area contributed by atoms with Gasteiger partial charge in [0.25, 0.3) is 0 Å². The number of hydrogen-bond donors (Lipinski definition) is 2. The van der Waals surface area contributed by atoms with E-state index in [2.05, 4.69) is 41.6 Å². The lowest BCUT2D eigenvalue weighted by Crippen LogP contribution is -2.35. The molecule has 5 nitrogen and oxygen atoms in total. The van der Waals surface area contributed by atoms with E-state index in [4.69, 9.17) is 4.42 Å². The highest BCUT2D eigenvalue weighted by atomic mass is 16.4. The SMILES string of the molecule is CC(C)(C)NCc1nnc(NC(C)(C)C)o1. The lowest BCUT2D eigenvalue weighted by atomic mass is 10.1. The lowest BCUT2D eigenvalue weighted by molar-refractivity contribution is 0.382. The van der Waals surface area contributed by atoms with Crippen LogP contribution in [0.25, 0.3) is 0 Å². The Bertz CT molecular complexity index is 332. The maximum atomic E-state index is 5.46. The Hall–Kier alpha value is -1.10. The van der Waals surface area contributed by atoms with Gasteiger partial charge in [-0.05, 0) is 41.5 Å². The maximum absolute atomic E-state index is 5.46. The van der Waals surface area contributed by atoms with Gasteiger partial charge in [-0.3, -0.25) is 0 Å². The van der Waals surface area contributed by atoms with Gasteiger partial charge in [0.1, 0.15) is 0 Å². The zero-order valence-corrected chi connectivity index (χ0v) is 11.0. The fourth-order valence-electron chi connectivity index (χ4n) is 1.04. The molecule has 0 fully saturated rings. The number of anilines is 1. The number of nitrogens with zero attached hydrogens (tertiary/aromatic N) is 2. The molecule has 1 rings (SSSR count). The molecule has 0 aliphatic heterocycles. The summed E-state index contributed by atoms with van der Waals surface area (Å²) in [6.45, 7) is 13.0. The van der Waals surface area contributed by atoms with Gasteiger partial charge < -0.3 is 15.1 Å². The molecule has 1 heterocycles. The van der Waals surface area contributed by atoms with E-state index in [-0.39, 0.29) is 11.1 Å². The first-order valence-corrected chi connectivity index (χ1v) is 5.51. The van der Waals surface area contributed by atoms with Crippen molar-refractivity contribution in [1.82, 2.24) is 15.5 Å². The number of aromatic nitrogens is 2. The van der Waals surface area contributed by atoms with E-state index in [1.54, 1.807) is 0 Å². The zero-order valence-electron chi connectivity index (χ0n) is 11.0.